The minimum atomic E-state index is -0.408. The average Bonchev–Trinajstić information content (AvgIpc) is 3.21. The molecule has 1 atom stereocenters. The average molecular weight is 339 g/mol. The Balaban J connectivity index is 1.78. The minimum Gasteiger partial charge on any atom is -0.336 e. The molecule has 3 aromatic heterocycles. The number of fused-ring (bicyclic) bond motifs is 1. The van der Waals surface area contributed by atoms with E-state index in [4.69, 9.17) is 4.52 Å². The summed E-state index contributed by atoms with van der Waals surface area (Å²) >= 11 is 0. The molecule has 1 amide bonds. The molecule has 1 unspecified atom stereocenters. The molecule has 0 saturated carbocycles. The van der Waals surface area contributed by atoms with Crippen LogP contribution in [0.5, 0.6) is 0 Å². The summed E-state index contributed by atoms with van der Waals surface area (Å²) in [7, 11) is 0. The summed E-state index contributed by atoms with van der Waals surface area (Å²) in [6, 6.07) is 3.33. The van der Waals surface area contributed by atoms with Gasteiger partial charge in [0, 0.05) is 24.1 Å². The van der Waals surface area contributed by atoms with Crippen molar-refractivity contribution >= 4 is 17.0 Å². The van der Waals surface area contributed by atoms with Crippen molar-refractivity contribution in [3.8, 4) is 0 Å². The number of aromatic nitrogens is 4. The van der Waals surface area contributed by atoms with Crippen LogP contribution < -0.4 is 5.69 Å². The van der Waals surface area contributed by atoms with Crippen LogP contribution in [0.25, 0.3) is 11.1 Å². The van der Waals surface area contributed by atoms with Gasteiger partial charge < -0.3 is 14.4 Å². The molecule has 128 valence electrons. The van der Waals surface area contributed by atoms with Crippen molar-refractivity contribution in [2.45, 2.75) is 32.7 Å². The van der Waals surface area contributed by atoms with E-state index in [-0.39, 0.29) is 11.9 Å². The van der Waals surface area contributed by atoms with Gasteiger partial charge in [-0.25, -0.2) is 14.8 Å². The van der Waals surface area contributed by atoms with Crippen LogP contribution in [0.15, 0.2) is 27.6 Å². The van der Waals surface area contributed by atoms with E-state index < -0.39 is 5.69 Å². The van der Waals surface area contributed by atoms with Crippen LogP contribution in [-0.4, -0.2) is 37.5 Å². The van der Waals surface area contributed by atoms with Gasteiger partial charge in [-0.05, 0) is 38.8 Å². The third-order valence-electron chi connectivity index (χ3n) is 4.55. The second kappa shape index (κ2) is 5.80. The highest BCUT2D eigenvalue weighted by Crippen LogP contribution is 2.33. The van der Waals surface area contributed by atoms with Crippen molar-refractivity contribution in [2.24, 2.45) is 0 Å². The Labute approximate surface area is 142 Å². The number of pyridine rings is 1. The molecule has 0 radical (unpaired) electrons. The Kier molecular flexibility index (Phi) is 3.60. The summed E-state index contributed by atoms with van der Waals surface area (Å²) in [5.41, 5.74) is 2.53. The fourth-order valence-electron chi connectivity index (χ4n) is 3.45. The first-order chi connectivity index (χ1) is 12.0. The van der Waals surface area contributed by atoms with Crippen molar-refractivity contribution in [1.82, 2.24) is 25.0 Å². The fourth-order valence-corrected chi connectivity index (χ4v) is 3.45. The minimum absolute atomic E-state index is 0.109. The Morgan fingerprint density at radius 1 is 1.40 bits per heavy atom. The molecule has 1 saturated heterocycles. The van der Waals surface area contributed by atoms with Crippen LogP contribution in [0.1, 0.15) is 46.3 Å². The van der Waals surface area contributed by atoms with Crippen LogP contribution in [-0.2, 0) is 0 Å². The molecule has 8 heteroatoms. The van der Waals surface area contributed by atoms with Crippen LogP contribution >= 0.6 is 0 Å². The molecular formula is C17H17N5O3. The number of aromatic amines is 1. The highest BCUT2D eigenvalue weighted by molar-refractivity contribution is 6.06. The molecule has 0 spiro atoms. The lowest BCUT2D eigenvalue weighted by Gasteiger charge is -2.25. The summed E-state index contributed by atoms with van der Waals surface area (Å²) < 4.78 is 5.22. The Morgan fingerprint density at radius 3 is 3.04 bits per heavy atom. The number of nitrogens with zero attached hydrogens (tertiary/aromatic N) is 4. The maximum absolute atomic E-state index is 13.3. The Hall–Kier alpha value is -3.03. The van der Waals surface area contributed by atoms with Crippen LogP contribution in [0.2, 0.25) is 0 Å². The van der Waals surface area contributed by atoms with E-state index in [1.54, 1.807) is 24.0 Å². The third kappa shape index (κ3) is 2.59. The van der Waals surface area contributed by atoms with Gasteiger partial charge in [0.25, 0.3) is 11.6 Å². The van der Waals surface area contributed by atoms with Gasteiger partial charge in [0.1, 0.15) is 0 Å². The van der Waals surface area contributed by atoms with Crippen molar-refractivity contribution < 1.29 is 9.32 Å². The number of carbonyl (C=O) groups excluding carboxylic acids is 1. The molecule has 4 rings (SSSR count). The molecule has 0 aromatic carbocycles. The second-order valence-electron chi connectivity index (χ2n) is 6.25. The maximum atomic E-state index is 13.3. The zero-order valence-electron chi connectivity index (χ0n) is 13.9. The number of likely N-dealkylation sites (tertiary alicyclic amines) is 1. The quantitative estimate of drug-likeness (QED) is 0.764. The van der Waals surface area contributed by atoms with Gasteiger partial charge in [0.05, 0.1) is 22.7 Å². The second-order valence-corrected chi connectivity index (χ2v) is 6.25. The van der Waals surface area contributed by atoms with Gasteiger partial charge in [0.2, 0.25) is 0 Å². The zero-order valence-corrected chi connectivity index (χ0v) is 13.9. The van der Waals surface area contributed by atoms with Gasteiger partial charge in [-0.15, -0.1) is 0 Å². The highest BCUT2D eigenvalue weighted by Gasteiger charge is 2.33. The molecule has 4 heterocycles. The topological polar surface area (TPSA) is 105 Å². The molecule has 25 heavy (non-hydrogen) atoms. The normalized spacial score (nSPS) is 17.4. The number of hydrogen-bond donors (Lipinski definition) is 1. The Morgan fingerprint density at radius 2 is 2.24 bits per heavy atom. The number of carbonyl (C=O) groups is 1. The van der Waals surface area contributed by atoms with Gasteiger partial charge in [0.15, 0.2) is 0 Å². The fraction of sp³-hybridized carbons (Fsp3) is 0.353. The first-order valence-corrected chi connectivity index (χ1v) is 8.14. The predicted molar refractivity (Wildman–Crippen MR) is 89.1 cm³/mol. The Bertz CT molecular complexity index is 1020. The third-order valence-corrected chi connectivity index (χ3v) is 4.55. The van der Waals surface area contributed by atoms with Crippen LogP contribution in [0, 0.1) is 13.8 Å². The van der Waals surface area contributed by atoms with E-state index in [1.807, 2.05) is 6.92 Å². The van der Waals surface area contributed by atoms with E-state index in [1.165, 1.54) is 6.20 Å². The van der Waals surface area contributed by atoms with Crippen molar-refractivity contribution in [3.63, 3.8) is 0 Å². The summed E-state index contributed by atoms with van der Waals surface area (Å²) in [4.78, 5) is 37.2. The maximum Gasteiger partial charge on any atom is 0.345 e. The van der Waals surface area contributed by atoms with Gasteiger partial charge in [-0.3, -0.25) is 4.79 Å². The highest BCUT2D eigenvalue weighted by atomic mass is 16.5. The number of nitrogens with one attached hydrogen (secondary N) is 1. The lowest BCUT2D eigenvalue weighted by atomic mass is 10.1. The molecule has 3 aromatic rings. The molecule has 0 aliphatic carbocycles. The molecule has 8 nitrogen and oxygen atoms in total. The van der Waals surface area contributed by atoms with Gasteiger partial charge in [-0.1, -0.05) is 5.16 Å². The number of rotatable bonds is 2. The smallest absolute Gasteiger partial charge is 0.336 e. The lowest BCUT2D eigenvalue weighted by molar-refractivity contribution is 0.0734. The van der Waals surface area contributed by atoms with E-state index in [9.17, 15) is 9.59 Å². The molecule has 1 aliphatic heterocycles. The van der Waals surface area contributed by atoms with Gasteiger partial charge in [-0.2, -0.15) is 0 Å². The standard InChI is InChI=1S/C17H17N5O3/c1-9-8-11(14-10(2)21-25-15(14)19-9)16(23)22-7-3-4-13(22)12-5-6-18-17(24)20-12/h5-6,8,13H,3-4,7H2,1-2H3,(H,18,20,24). The van der Waals surface area contributed by atoms with Crippen molar-refractivity contribution in [2.75, 3.05) is 6.54 Å². The largest absolute Gasteiger partial charge is 0.345 e. The molecular weight excluding hydrogens is 322 g/mol. The molecule has 1 aliphatic rings. The first-order valence-electron chi connectivity index (χ1n) is 8.14. The van der Waals surface area contributed by atoms with Crippen LogP contribution in [0.4, 0.5) is 0 Å². The summed E-state index contributed by atoms with van der Waals surface area (Å²) in [5.74, 6) is -0.109. The van der Waals surface area contributed by atoms with E-state index >= 15 is 0 Å². The number of aryl methyl sites for hydroxylation is 2. The van der Waals surface area contributed by atoms with E-state index in [0.717, 1.165) is 12.8 Å². The molecule has 0 bridgehead atoms. The molecule has 1 N–H and O–H groups in total. The summed E-state index contributed by atoms with van der Waals surface area (Å²) in [6.07, 6.45) is 3.13. The van der Waals surface area contributed by atoms with Crippen molar-refractivity contribution in [1.29, 1.82) is 0 Å². The number of amides is 1. The SMILES string of the molecule is Cc1cc(C(=O)N2CCCC2c2ccnc(=O)[nH]2)c2c(C)noc2n1. The molecule has 1 fully saturated rings. The number of hydrogen-bond acceptors (Lipinski definition) is 6. The monoisotopic (exact) mass is 339 g/mol. The van der Waals surface area contributed by atoms with E-state index in [0.29, 0.717) is 40.3 Å². The summed E-state index contributed by atoms with van der Waals surface area (Å²) in [5, 5.41) is 4.57. The van der Waals surface area contributed by atoms with E-state index in [2.05, 4.69) is 20.1 Å². The predicted octanol–water partition coefficient (Wildman–Crippen LogP) is 1.90. The van der Waals surface area contributed by atoms with Gasteiger partial charge >= 0.3 is 5.69 Å². The summed E-state index contributed by atoms with van der Waals surface area (Å²) in [6.45, 7) is 4.23. The first kappa shape index (κ1) is 15.5. The van der Waals surface area contributed by atoms with Crippen molar-refractivity contribution in [3.05, 3.63) is 51.5 Å². The lowest BCUT2D eigenvalue weighted by Crippen LogP contribution is -2.32. The van der Waals surface area contributed by atoms with Crippen LogP contribution in [0.3, 0.4) is 0 Å². The number of H-pyrrole nitrogens is 1. The zero-order chi connectivity index (χ0) is 17.6.